The lowest BCUT2D eigenvalue weighted by molar-refractivity contribution is 0.415. The summed E-state index contributed by atoms with van der Waals surface area (Å²) in [5, 5.41) is 4.25. The Morgan fingerprint density at radius 3 is 2.63 bits per heavy atom. The van der Waals surface area contributed by atoms with Crippen molar-refractivity contribution in [3.05, 3.63) is 46.6 Å². The van der Waals surface area contributed by atoms with Crippen LogP contribution in [0.3, 0.4) is 0 Å². The van der Waals surface area contributed by atoms with Crippen LogP contribution < -0.4 is 4.90 Å². The minimum absolute atomic E-state index is 0.424. The molecule has 1 atom stereocenters. The molecule has 19 heavy (non-hydrogen) atoms. The van der Waals surface area contributed by atoms with E-state index in [4.69, 9.17) is 4.52 Å². The predicted octanol–water partition coefficient (Wildman–Crippen LogP) is 3.52. The van der Waals surface area contributed by atoms with Crippen molar-refractivity contribution < 1.29 is 4.52 Å². The van der Waals surface area contributed by atoms with Crippen LogP contribution in [0.4, 0.5) is 5.88 Å². The molecule has 0 saturated carbocycles. The lowest BCUT2D eigenvalue weighted by atomic mass is 9.81. The molecule has 0 fully saturated rings. The van der Waals surface area contributed by atoms with Gasteiger partial charge in [-0.25, -0.2) is 0 Å². The molecule has 3 heteroatoms. The van der Waals surface area contributed by atoms with Gasteiger partial charge in [0.1, 0.15) is 0 Å². The van der Waals surface area contributed by atoms with Crippen LogP contribution in [0.1, 0.15) is 41.1 Å². The second kappa shape index (κ2) is 4.72. The molecule has 1 heterocycles. The Morgan fingerprint density at radius 2 is 1.95 bits per heavy atom. The summed E-state index contributed by atoms with van der Waals surface area (Å²) < 4.78 is 5.53. The van der Waals surface area contributed by atoms with Gasteiger partial charge >= 0.3 is 0 Å². The average molecular weight is 256 g/mol. The maximum atomic E-state index is 5.53. The van der Waals surface area contributed by atoms with Crippen LogP contribution in [0.25, 0.3) is 0 Å². The average Bonchev–Trinajstić information content (AvgIpc) is 2.83. The second-order valence-electron chi connectivity index (χ2n) is 5.60. The fourth-order valence-electron chi connectivity index (χ4n) is 2.92. The van der Waals surface area contributed by atoms with Gasteiger partial charge in [0, 0.05) is 25.6 Å². The van der Waals surface area contributed by atoms with Gasteiger partial charge in [-0.05, 0) is 31.7 Å². The monoisotopic (exact) mass is 256 g/mol. The van der Waals surface area contributed by atoms with E-state index in [9.17, 15) is 0 Å². The Labute approximate surface area is 114 Å². The molecule has 2 aromatic rings. The molecular formula is C16H20N2O. The van der Waals surface area contributed by atoms with Crippen molar-refractivity contribution >= 4 is 5.88 Å². The van der Waals surface area contributed by atoms with E-state index in [-0.39, 0.29) is 0 Å². The van der Waals surface area contributed by atoms with Crippen molar-refractivity contribution in [1.82, 2.24) is 5.16 Å². The van der Waals surface area contributed by atoms with Crippen molar-refractivity contribution in [1.29, 1.82) is 0 Å². The molecule has 1 unspecified atom stereocenters. The quantitative estimate of drug-likeness (QED) is 0.823. The van der Waals surface area contributed by atoms with Gasteiger partial charge in [0.2, 0.25) is 5.88 Å². The van der Waals surface area contributed by atoms with Crippen LogP contribution in [0.5, 0.6) is 0 Å². The summed E-state index contributed by atoms with van der Waals surface area (Å²) in [6.45, 7) is 2.13. The molecule has 0 bridgehead atoms. The van der Waals surface area contributed by atoms with Crippen molar-refractivity contribution in [3.63, 3.8) is 0 Å². The number of aromatic nitrogens is 1. The van der Waals surface area contributed by atoms with Gasteiger partial charge in [-0.1, -0.05) is 35.0 Å². The largest absolute Gasteiger partial charge is 0.346 e. The van der Waals surface area contributed by atoms with Gasteiger partial charge in [-0.2, -0.15) is 0 Å². The van der Waals surface area contributed by atoms with Gasteiger partial charge < -0.3 is 9.42 Å². The smallest absolute Gasteiger partial charge is 0.230 e. The Balaban J connectivity index is 2.06. The summed E-state index contributed by atoms with van der Waals surface area (Å²) in [5.74, 6) is 1.34. The number of fused-ring (bicyclic) bond motifs is 1. The van der Waals surface area contributed by atoms with E-state index in [0.29, 0.717) is 5.92 Å². The third-order valence-corrected chi connectivity index (χ3v) is 3.92. The number of aryl methyl sites for hydroxylation is 2. The maximum Gasteiger partial charge on any atom is 0.230 e. The molecule has 0 amide bonds. The Hall–Kier alpha value is -1.77. The lowest BCUT2D eigenvalue weighted by Gasteiger charge is -2.24. The molecule has 0 radical (unpaired) electrons. The van der Waals surface area contributed by atoms with Gasteiger partial charge in [-0.15, -0.1) is 0 Å². The summed E-state index contributed by atoms with van der Waals surface area (Å²) in [7, 11) is 4.03. The standard InChI is InChI=1S/C16H20N2O/c1-11-7-9-12(10-8-11)13-5-4-6-14-15(13)16(18(2)3)19-17-14/h7-10,13H,4-6H2,1-3H3. The number of nitrogens with zero attached hydrogens (tertiary/aromatic N) is 2. The predicted molar refractivity (Wildman–Crippen MR) is 76.8 cm³/mol. The Kier molecular flexibility index (Phi) is 3.05. The normalized spacial score (nSPS) is 18.2. The van der Waals surface area contributed by atoms with Crippen molar-refractivity contribution in [2.24, 2.45) is 0 Å². The summed E-state index contributed by atoms with van der Waals surface area (Å²) in [4.78, 5) is 2.03. The molecule has 100 valence electrons. The third-order valence-electron chi connectivity index (χ3n) is 3.92. The van der Waals surface area contributed by atoms with Crippen LogP contribution in [0, 0.1) is 6.92 Å². The van der Waals surface area contributed by atoms with E-state index >= 15 is 0 Å². The van der Waals surface area contributed by atoms with Gasteiger partial charge in [0.25, 0.3) is 0 Å². The molecule has 0 aliphatic heterocycles. The Bertz CT molecular complexity index is 569. The second-order valence-corrected chi connectivity index (χ2v) is 5.60. The molecule has 1 aromatic heterocycles. The van der Waals surface area contributed by atoms with Crippen molar-refractivity contribution in [2.75, 3.05) is 19.0 Å². The Morgan fingerprint density at radius 1 is 1.21 bits per heavy atom. The molecule has 1 aliphatic rings. The van der Waals surface area contributed by atoms with E-state index in [2.05, 4.69) is 36.3 Å². The number of anilines is 1. The zero-order valence-corrected chi connectivity index (χ0v) is 11.8. The lowest BCUT2D eigenvalue weighted by Crippen LogP contribution is -2.16. The molecule has 0 N–H and O–H groups in total. The fourth-order valence-corrected chi connectivity index (χ4v) is 2.92. The van der Waals surface area contributed by atoms with Crippen molar-refractivity contribution in [2.45, 2.75) is 32.1 Å². The number of hydrogen-bond donors (Lipinski definition) is 0. The van der Waals surface area contributed by atoms with E-state index in [1.165, 1.54) is 29.5 Å². The number of rotatable bonds is 2. The zero-order valence-electron chi connectivity index (χ0n) is 11.8. The van der Waals surface area contributed by atoms with E-state index in [1.807, 2.05) is 19.0 Å². The summed E-state index contributed by atoms with van der Waals surface area (Å²) in [6, 6.07) is 8.85. The zero-order chi connectivity index (χ0) is 13.4. The third kappa shape index (κ3) is 2.14. The molecule has 3 nitrogen and oxygen atoms in total. The summed E-state index contributed by atoms with van der Waals surface area (Å²) in [6.07, 6.45) is 3.40. The highest BCUT2D eigenvalue weighted by Gasteiger charge is 2.29. The molecule has 1 aromatic carbocycles. The minimum Gasteiger partial charge on any atom is -0.346 e. The molecular weight excluding hydrogens is 236 g/mol. The topological polar surface area (TPSA) is 29.3 Å². The summed E-state index contributed by atoms with van der Waals surface area (Å²) >= 11 is 0. The first-order valence-electron chi connectivity index (χ1n) is 6.89. The minimum atomic E-state index is 0.424. The molecule has 0 saturated heterocycles. The highest BCUT2D eigenvalue weighted by molar-refractivity contribution is 5.52. The van der Waals surface area contributed by atoms with Gasteiger partial charge in [0.05, 0.1) is 5.69 Å². The molecule has 3 rings (SSSR count). The van der Waals surface area contributed by atoms with E-state index in [0.717, 1.165) is 18.0 Å². The van der Waals surface area contributed by atoms with Gasteiger partial charge in [-0.3, -0.25) is 0 Å². The van der Waals surface area contributed by atoms with Crippen LogP contribution in [-0.2, 0) is 6.42 Å². The van der Waals surface area contributed by atoms with Crippen LogP contribution in [0.2, 0.25) is 0 Å². The van der Waals surface area contributed by atoms with Crippen molar-refractivity contribution in [3.8, 4) is 0 Å². The van der Waals surface area contributed by atoms with Crippen LogP contribution >= 0.6 is 0 Å². The number of benzene rings is 1. The highest BCUT2D eigenvalue weighted by Crippen LogP contribution is 2.41. The SMILES string of the molecule is Cc1ccc(C2CCCc3noc(N(C)C)c32)cc1. The van der Waals surface area contributed by atoms with Crippen LogP contribution in [0.15, 0.2) is 28.8 Å². The first-order chi connectivity index (χ1) is 9.16. The fraction of sp³-hybridized carbons (Fsp3) is 0.438. The van der Waals surface area contributed by atoms with Gasteiger partial charge in [0.15, 0.2) is 0 Å². The van der Waals surface area contributed by atoms with E-state index in [1.54, 1.807) is 0 Å². The highest BCUT2D eigenvalue weighted by atomic mass is 16.5. The first kappa shape index (κ1) is 12.3. The summed E-state index contributed by atoms with van der Waals surface area (Å²) in [5.41, 5.74) is 5.11. The first-order valence-corrected chi connectivity index (χ1v) is 6.89. The molecule has 0 spiro atoms. The van der Waals surface area contributed by atoms with Crippen LogP contribution in [-0.4, -0.2) is 19.3 Å². The maximum absolute atomic E-state index is 5.53. The molecule has 1 aliphatic carbocycles. The number of hydrogen-bond acceptors (Lipinski definition) is 3. The van der Waals surface area contributed by atoms with E-state index < -0.39 is 0 Å².